The molecule has 132 valence electrons. The summed E-state index contributed by atoms with van der Waals surface area (Å²) in [5.41, 5.74) is 0.879. The third kappa shape index (κ3) is 2.67. The molecule has 6 nitrogen and oxygen atoms in total. The van der Waals surface area contributed by atoms with Gasteiger partial charge in [0.1, 0.15) is 0 Å². The van der Waals surface area contributed by atoms with E-state index in [4.69, 9.17) is 0 Å². The van der Waals surface area contributed by atoms with Crippen LogP contribution in [-0.2, 0) is 11.3 Å². The molecule has 4 atom stereocenters. The quantitative estimate of drug-likeness (QED) is 0.806. The van der Waals surface area contributed by atoms with Crippen LogP contribution in [0.4, 0.5) is 0 Å². The molecular weight excluding hydrogens is 306 g/mol. The normalized spacial score (nSPS) is 28.6. The molecule has 0 radical (unpaired) electrons. The van der Waals surface area contributed by atoms with Gasteiger partial charge in [-0.3, -0.25) is 14.5 Å². The van der Waals surface area contributed by atoms with Crippen LogP contribution in [0.1, 0.15) is 38.4 Å². The standard InChI is InChI=1S/C18H27N3O3/c1-3-8-19-18(24)16-12(11-22)14-10-21-13(6-5-7-15(21)23)17(16)20(14)9-4-2/h5-7,12,14,16-17,22H,3-4,8-11H2,1-2H3,(H,19,24)/t12-,14-,16+,17+/m0/s1. The molecule has 3 heterocycles. The van der Waals surface area contributed by atoms with Gasteiger partial charge in [-0.25, -0.2) is 0 Å². The highest BCUT2D eigenvalue weighted by molar-refractivity contribution is 5.80. The molecular formula is C18H27N3O3. The van der Waals surface area contributed by atoms with E-state index in [0.29, 0.717) is 13.1 Å². The minimum atomic E-state index is -0.311. The Morgan fingerprint density at radius 1 is 1.33 bits per heavy atom. The van der Waals surface area contributed by atoms with Gasteiger partial charge in [0.2, 0.25) is 5.91 Å². The van der Waals surface area contributed by atoms with Crippen molar-refractivity contribution in [2.24, 2.45) is 11.8 Å². The van der Waals surface area contributed by atoms with E-state index < -0.39 is 0 Å². The highest BCUT2D eigenvalue weighted by Crippen LogP contribution is 2.48. The molecule has 6 heteroatoms. The lowest BCUT2D eigenvalue weighted by molar-refractivity contribution is -0.127. The van der Waals surface area contributed by atoms with E-state index in [1.807, 2.05) is 13.0 Å². The fraction of sp³-hybridized carbons (Fsp3) is 0.667. The lowest BCUT2D eigenvalue weighted by atomic mass is 9.86. The van der Waals surface area contributed by atoms with Crippen LogP contribution in [0.3, 0.4) is 0 Å². The van der Waals surface area contributed by atoms with Gasteiger partial charge in [0.05, 0.1) is 12.0 Å². The van der Waals surface area contributed by atoms with E-state index in [9.17, 15) is 14.7 Å². The number of nitrogens with zero attached hydrogens (tertiary/aromatic N) is 2. The van der Waals surface area contributed by atoms with Gasteiger partial charge in [-0.05, 0) is 25.5 Å². The Morgan fingerprint density at radius 3 is 2.79 bits per heavy atom. The molecule has 2 aliphatic rings. The Hall–Kier alpha value is -1.66. The van der Waals surface area contributed by atoms with Crippen molar-refractivity contribution < 1.29 is 9.90 Å². The van der Waals surface area contributed by atoms with Crippen molar-refractivity contribution in [2.45, 2.75) is 45.3 Å². The Kier molecular flexibility index (Phi) is 5.06. The highest BCUT2D eigenvalue weighted by atomic mass is 16.3. The van der Waals surface area contributed by atoms with Crippen LogP contribution in [0.25, 0.3) is 0 Å². The van der Waals surface area contributed by atoms with E-state index in [2.05, 4.69) is 17.1 Å². The van der Waals surface area contributed by atoms with Gasteiger partial charge in [0.25, 0.3) is 5.56 Å². The zero-order valence-electron chi connectivity index (χ0n) is 14.4. The Morgan fingerprint density at radius 2 is 2.12 bits per heavy atom. The summed E-state index contributed by atoms with van der Waals surface area (Å²) in [6.07, 6.45) is 1.86. The van der Waals surface area contributed by atoms with Crippen LogP contribution in [0.5, 0.6) is 0 Å². The summed E-state index contributed by atoms with van der Waals surface area (Å²) in [4.78, 5) is 27.4. The van der Waals surface area contributed by atoms with Gasteiger partial charge in [-0.1, -0.05) is 19.9 Å². The number of aliphatic hydroxyl groups excluding tert-OH is 1. The second-order valence-corrected chi connectivity index (χ2v) is 6.81. The molecule has 2 bridgehead atoms. The summed E-state index contributed by atoms with van der Waals surface area (Å²) < 4.78 is 1.79. The van der Waals surface area contributed by atoms with Crippen molar-refractivity contribution >= 4 is 5.91 Å². The number of aliphatic hydroxyl groups is 1. The van der Waals surface area contributed by atoms with Gasteiger partial charge in [0.15, 0.2) is 0 Å². The Balaban J connectivity index is 2.05. The maximum atomic E-state index is 12.8. The van der Waals surface area contributed by atoms with Crippen molar-refractivity contribution in [2.75, 3.05) is 19.7 Å². The number of rotatable bonds is 6. The van der Waals surface area contributed by atoms with Gasteiger partial charge in [-0.2, -0.15) is 0 Å². The first-order valence-corrected chi connectivity index (χ1v) is 8.98. The minimum absolute atomic E-state index is 0.00532. The summed E-state index contributed by atoms with van der Waals surface area (Å²) >= 11 is 0. The third-order valence-corrected chi connectivity index (χ3v) is 5.38. The van der Waals surface area contributed by atoms with E-state index in [-0.39, 0.29) is 42.0 Å². The average molecular weight is 333 g/mol. The van der Waals surface area contributed by atoms with Crippen LogP contribution in [0.2, 0.25) is 0 Å². The second-order valence-electron chi connectivity index (χ2n) is 6.81. The van der Waals surface area contributed by atoms with Crippen molar-refractivity contribution in [3.05, 3.63) is 34.2 Å². The predicted molar refractivity (Wildman–Crippen MR) is 91.6 cm³/mol. The zero-order valence-corrected chi connectivity index (χ0v) is 14.4. The van der Waals surface area contributed by atoms with Crippen molar-refractivity contribution in [1.82, 2.24) is 14.8 Å². The third-order valence-electron chi connectivity index (χ3n) is 5.38. The summed E-state index contributed by atoms with van der Waals surface area (Å²) in [6.45, 7) is 6.16. The van der Waals surface area contributed by atoms with Crippen LogP contribution in [0.15, 0.2) is 23.0 Å². The van der Waals surface area contributed by atoms with Crippen LogP contribution in [0, 0.1) is 11.8 Å². The summed E-state index contributed by atoms with van der Waals surface area (Å²) in [7, 11) is 0. The molecule has 1 saturated heterocycles. The molecule has 1 aromatic heterocycles. The molecule has 0 unspecified atom stereocenters. The first-order chi connectivity index (χ1) is 11.6. The molecule has 24 heavy (non-hydrogen) atoms. The van der Waals surface area contributed by atoms with Crippen molar-refractivity contribution in [1.29, 1.82) is 0 Å². The SMILES string of the molecule is CCCNC(=O)[C@@H]1[C@@H](CO)[C@@H]2Cn3c(cccc3=O)[C@H]1N2CCC. The number of fused-ring (bicyclic) bond motifs is 4. The molecule has 0 spiro atoms. The number of pyridine rings is 1. The lowest BCUT2D eigenvalue weighted by Gasteiger charge is -2.37. The fourth-order valence-corrected chi connectivity index (χ4v) is 4.41. The lowest BCUT2D eigenvalue weighted by Crippen LogP contribution is -2.46. The monoisotopic (exact) mass is 333 g/mol. The maximum absolute atomic E-state index is 12.8. The number of carbonyl (C=O) groups is 1. The minimum Gasteiger partial charge on any atom is -0.396 e. The second kappa shape index (κ2) is 7.07. The van der Waals surface area contributed by atoms with E-state index in [1.54, 1.807) is 16.7 Å². The van der Waals surface area contributed by atoms with E-state index in [0.717, 1.165) is 25.1 Å². The van der Waals surface area contributed by atoms with E-state index in [1.165, 1.54) is 0 Å². The first kappa shape index (κ1) is 17.2. The van der Waals surface area contributed by atoms with Crippen LogP contribution in [-0.4, -0.2) is 46.2 Å². The van der Waals surface area contributed by atoms with Crippen molar-refractivity contribution in [3.63, 3.8) is 0 Å². The molecule has 1 amide bonds. The summed E-state index contributed by atoms with van der Waals surface area (Å²) in [5.74, 6) is -0.458. The fourth-order valence-electron chi connectivity index (χ4n) is 4.41. The summed E-state index contributed by atoms with van der Waals surface area (Å²) in [5, 5.41) is 13.0. The summed E-state index contributed by atoms with van der Waals surface area (Å²) in [6, 6.07) is 5.19. The highest BCUT2D eigenvalue weighted by Gasteiger charge is 2.55. The predicted octanol–water partition coefficient (Wildman–Crippen LogP) is 0.748. The Labute approximate surface area is 142 Å². The number of amides is 1. The number of hydrogen-bond donors (Lipinski definition) is 2. The largest absolute Gasteiger partial charge is 0.396 e. The average Bonchev–Trinajstić information content (AvgIpc) is 2.79. The van der Waals surface area contributed by atoms with Gasteiger partial charge in [-0.15, -0.1) is 0 Å². The molecule has 0 aromatic carbocycles. The Bertz CT molecular complexity index is 657. The molecule has 1 fully saturated rings. The molecule has 2 N–H and O–H groups in total. The molecule has 1 aromatic rings. The number of hydrogen-bond acceptors (Lipinski definition) is 4. The smallest absolute Gasteiger partial charge is 0.250 e. The maximum Gasteiger partial charge on any atom is 0.250 e. The molecule has 2 aliphatic heterocycles. The number of carbonyl (C=O) groups excluding carboxylic acids is 1. The number of nitrogens with one attached hydrogen (secondary N) is 1. The van der Waals surface area contributed by atoms with Crippen LogP contribution < -0.4 is 10.9 Å². The van der Waals surface area contributed by atoms with Crippen LogP contribution >= 0.6 is 0 Å². The molecule has 3 rings (SSSR count). The van der Waals surface area contributed by atoms with Crippen molar-refractivity contribution in [3.8, 4) is 0 Å². The van der Waals surface area contributed by atoms with Gasteiger partial charge in [0, 0.05) is 43.4 Å². The number of aromatic nitrogens is 1. The van der Waals surface area contributed by atoms with E-state index >= 15 is 0 Å². The van der Waals surface area contributed by atoms with Gasteiger partial charge >= 0.3 is 0 Å². The zero-order chi connectivity index (χ0) is 17.3. The molecule has 0 aliphatic carbocycles. The van der Waals surface area contributed by atoms with Gasteiger partial charge < -0.3 is 15.0 Å². The molecule has 0 saturated carbocycles. The topological polar surface area (TPSA) is 74.6 Å². The first-order valence-electron chi connectivity index (χ1n) is 8.98.